The molecule has 1 rings (SSSR count). The Balaban J connectivity index is 2.74. The molecule has 1 N–H and O–H groups in total. The highest BCUT2D eigenvalue weighted by Crippen LogP contribution is 2.32. The number of halogens is 2. The van der Waals surface area contributed by atoms with E-state index in [0.717, 1.165) is 12.1 Å². The summed E-state index contributed by atoms with van der Waals surface area (Å²) in [5.74, 6) is 1.27. The molecular weight excluding hydrogens is 285 g/mol. The highest BCUT2D eigenvalue weighted by atomic mass is 35.5. The van der Waals surface area contributed by atoms with Crippen molar-refractivity contribution in [2.75, 3.05) is 26.9 Å². The molecule has 0 unspecified atom stereocenters. The predicted octanol–water partition coefficient (Wildman–Crippen LogP) is 3.76. The monoisotopic (exact) mass is 305 g/mol. The van der Waals surface area contributed by atoms with Gasteiger partial charge in [0, 0.05) is 24.2 Å². The van der Waals surface area contributed by atoms with Gasteiger partial charge in [-0.2, -0.15) is 0 Å². The van der Waals surface area contributed by atoms with Crippen LogP contribution in [0.5, 0.6) is 5.75 Å². The van der Waals surface area contributed by atoms with Crippen molar-refractivity contribution in [2.45, 2.75) is 20.4 Å². The van der Waals surface area contributed by atoms with E-state index in [1.165, 1.54) is 0 Å². The van der Waals surface area contributed by atoms with Crippen molar-refractivity contribution in [3.63, 3.8) is 0 Å². The maximum Gasteiger partial charge on any atom is 0.142 e. The van der Waals surface area contributed by atoms with Crippen LogP contribution >= 0.6 is 23.2 Å². The average molecular weight is 306 g/mol. The molecule has 3 nitrogen and oxygen atoms in total. The molecule has 0 bridgehead atoms. The summed E-state index contributed by atoms with van der Waals surface area (Å²) in [6, 6.07) is 3.57. The molecule has 108 valence electrons. The third-order valence-corrected chi connectivity index (χ3v) is 2.99. The Kier molecular flexibility index (Phi) is 7.54. The van der Waals surface area contributed by atoms with Crippen LogP contribution in [0.2, 0.25) is 10.0 Å². The second-order valence-electron chi connectivity index (χ2n) is 4.74. The first-order valence-electron chi connectivity index (χ1n) is 6.35. The first-order chi connectivity index (χ1) is 9.04. The summed E-state index contributed by atoms with van der Waals surface area (Å²) in [6.45, 7) is 6.93. The van der Waals surface area contributed by atoms with Gasteiger partial charge in [-0.3, -0.25) is 0 Å². The Morgan fingerprint density at radius 1 is 1.21 bits per heavy atom. The maximum atomic E-state index is 6.18. The lowest BCUT2D eigenvalue weighted by Crippen LogP contribution is -2.19. The molecule has 19 heavy (non-hydrogen) atoms. The minimum absolute atomic E-state index is 0.467. The summed E-state index contributed by atoms with van der Waals surface area (Å²) in [5.41, 5.74) is 0.967. The number of hydrogen-bond donors (Lipinski definition) is 1. The van der Waals surface area contributed by atoms with Crippen LogP contribution in [0, 0.1) is 5.92 Å². The number of hydrogen-bond acceptors (Lipinski definition) is 3. The van der Waals surface area contributed by atoms with Gasteiger partial charge in [0.05, 0.1) is 11.6 Å². The van der Waals surface area contributed by atoms with Crippen LogP contribution in [0.1, 0.15) is 19.4 Å². The van der Waals surface area contributed by atoms with Gasteiger partial charge in [0.2, 0.25) is 0 Å². The van der Waals surface area contributed by atoms with Gasteiger partial charge in [-0.25, -0.2) is 0 Å². The summed E-state index contributed by atoms with van der Waals surface area (Å²) in [4.78, 5) is 0. The van der Waals surface area contributed by atoms with Crippen molar-refractivity contribution in [3.8, 4) is 5.75 Å². The zero-order valence-corrected chi connectivity index (χ0v) is 13.1. The Bertz CT molecular complexity index is 397. The number of benzene rings is 1. The molecule has 0 atom stereocenters. The van der Waals surface area contributed by atoms with Gasteiger partial charge in [-0.05, 0) is 24.6 Å². The molecule has 0 saturated heterocycles. The normalized spacial score (nSPS) is 11.1. The Morgan fingerprint density at radius 2 is 1.95 bits per heavy atom. The van der Waals surface area contributed by atoms with Crippen molar-refractivity contribution < 1.29 is 9.47 Å². The number of rotatable bonds is 8. The zero-order chi connectivity index (χ0) is 14.3. The molecule has 0 spiro atoms. The van der Waals surface area contributed by atoms with Gasteiger partial charge in [-0.1, -0.05) is 37.0 Å². The summed E-state index contributed by atoms with van der Waals surface area (Å²) in [7, 11) is 1.64. The Morgan fingerprint density at radius 3 is 2.58 bits per heavy atom. The van der Waals surface area contributed by atoms with E-state index in [9.17, 15) is 0 Å². The third kappa shape index (κ3) is 6.00. The SMILES string of the molecule is COCCOc1c(Cl)cc(Cl)cc1CNCC(C)C. The van der Waals surface area contributed by atoms with E-state index in [-0.39, 0.29) is 0 Å². The smallest absolute Gasteiger partial charge is 0.142 e. The molecule has 0 saturated carbocycles. The second-order valence-corrected chi connectivity index (χ2v) is 5.59. The molecule has 0 aliphatic carbocycles. The number of ether oxygens (including phenoxy) is 2. The minimum atomic E-state index is 0.467. The Labute approximate surface area is 125 Å². The van der Waals surface area contributed by atoms with Crippen molar-refractivity contribution in [2.24, 2.45) is 5.92 Å². The van der Waals surface area contributed by atoms with Gasteiger partial charge in [0.15, 0.2) is 0 Å². The molecule has 5 heteroatoms. The van der Waals surface area contributed by atoms with E-state index in [0.29, 0.717) is 41.5 Å². The zero-order valence-electron chi connectivity index (χ0n) is 11.6. The Hall–Kier alpha value is -0.480. The van der Waals surface area contributed by atoms with Crippen LogP contribution in [0.3, 0.4) is 0 Å². The van der Waals surface area contributed by atoms with E-state index in [2.05, 4.69) is 19.2 Å². The van der Waals surface area contributed by atoms with Crippen LogP contribution in [-0.2, 0) is 11.3 Å². The van der Waals surface area contributed by atoms with Gasteiger partial charge in [-0.15, -0.1) is 0 Å². The first-order valence-corrected chi connectivity index (χ1v) is 7.10. The highest BCUT2D eigenvalue weighted by molar-refractivity contribution is 6.35. The fourth-order valence-electron chi connectivity index (χ4n) is 1.63. The van der Waals surface area contributed by atoms with Crippen LogP contribution < -0.4 is 10.1 Å². The topological polar surface area (TPSA) is 30.5 Å². The first kappa shape index (κ1) is 16.6. The fraction of sp³-hybridized carbons (Fsp3) is 0.571. The summed E-state index contributed by atoms with van der Waals surface area (Å²) in [6.07, 6.45) is 0. The van der Waals surface area contributed by atoms with Crippen molar-refractivity contribution in [1.82, 2.24) is 5.32 Å². The van der Waals surface area contributed by atoms with Gasteiger partial charge >= 0.3 is 0 Å². The van der Waals surface area contributed by atoms with E-state index in [1.54, 1.807) is 13.2 Å². The molecule has 0 aliphatic rings. The maximum absolute atomic E-state index is 6.18. The van der Waals surface area contributed by atoms with E-state index in [1.807, 2.05) is 6.07 Å². The summed E-state index contributed by atoms with van der Waals surface area (Å²) >= 11 is 12.2. The van der Waals surface area contributed by atoms with E-state index < -0.39 is 0 Å². The number of nitrogens with one attached hydrogen (secondary N) is 1. The van der Waals surface area contributed by atoms with Crippen LogP contribution in [0.15, 0.2) is 12.1 Å². The molecule has 0 aliphatic heterocycles. The van der Waals surface area contributed by atoms with Crippen molar-refractivity contribution in [3.05, 3.63) is 27.7 Å². The summed E-state index contributed by atoms with van der Waals surface area (Å²) < 4.78 is 10.6. The van der Waals surface area contributed by atoms with Crippen LogP contribution in [-0.4, -0.2) is 26.9 Å². The predicted molar refractivity (Wildman–Crippen MR) is 80.4 cm³/mol. The summed E-state index contributed by atoms with van der Waals surface area (Å²) in [5, 5.41) is 4.51. The van der Waals surface area contributed by atoms with Crippen LogP contribution in [0.25, 0.3) is 0 Å². The molecule has 0 aromatic heterocycles. The lowest BCUT2D eigenvalue weighted by molar-refractivity contribution is 0.145. The van der Waals surface area contributed by atoms with Gasteiger partial charge in [0.1, 0.15) is 12.4 Å². The minimum Gasteiger partial charge on any atom is -0.489 e. The second kappa shape index (κ2) is 8.64. The molecule has 0 amide bonds. The highest BCUT2D eigenvalue weighted by Gasteiger charge is 2.11. The van der Waals surface area contributed by atoms with E-state index in [4.69, 9.17) is 32.7 Å². The molecular formula is C14H21Cl2NO2. The number of methoxy groups -OCH3 is 1. The molecule has 0 radical (unpaired) electrons. The largest absolute Gasteiger partial charge is 0.489 e. The molecule has 1 aromatic carbocycles. The molecule has 0 heterocycles. The average Bonchev–Trinajstić information content (AvgIpc) is 2.32. The molecule has 0 fully saturated rings. The standard InChI is InChI=1S/C14H21Cl2NO2/c1-10(2)8-17-9-11-6-12(15)7-13(16)14(11)19-5-4-18-3/h6-7,10,17H,4-5,8-9H2,1-3H3. The van der Waals surface area contributed by atoms with Crippen LogP contribution in [0.4, 0.5) is 0 Å². The lowest BCUT2D eigenvalue weighted by Gasteiger charge is -2.15. The van der Waals surface area contributed by atoms with Crippen molar-refractivity contribution >= 4 is 23.2 Å². The fourth-order valence-corrected chi connectivity index (χ4v) is 2.22. The third-order valence-electron chi connectivity index (χ3n) is 2.49. The van der Waals surface area contributed by atoms with Gasteiger partial charge < -0.3 is 14.8 Å². The van der Waals surface area contributed by atoms with Crippen molar-refractivity contribution in [1.29, 1.82) is 0 Å². The molecule has 1 aromatic rings. The van der Waals surface area contributed by atoms with E-state index >= 15 is 0 Å². The quantitative estimate of drug-likeness (QED) is 0.742. The van der Waals surface area contributed by atoms with Gasteiger partial charge in [0.25, 0.3) is 0 Å². The lowest BCUT2D eigenvalue weighted by atomic mass is 10.1.